The summed E-state index contributed by atoms with van der Waals surface area (Å²) in [6.45, 7) is 3.88. The molecule has 120 valence electrons. The van der Waals surface area contributed by atoms with Crippen LogP contribution in [0, 0.1) is 18.3 Å². The molecule has 0 aliphatic heterocycles. The van der Waals surface area contributed by atoms with Gasteiger partial charge in [0.15, 0.2) is 5.76 Å². The Bertz CT molecular complexity index is 1040. The van der Waals surface area contributed by atoms with Gasteiger partial charge in [-0.1, -0.05) is 25.1 Å². The van der Waals surface area contributed by atoms with Crippen molar-refractivity contribution in [2.45, 2.75) is 20.3 Å². The third kappa shape index (κ3) is 2.70. The Morgan fingerprint density at radius 1 is 1.38 bits per heavy atom. The van der Waals surface area contributed by atoms with Crippen LogP contribution in [0.25, 0.3) is 10.8 Å². The highest BCUT2D eigenvalue weighted by Gasteiger charge is 2.19. The molecule has 1 amide bonds. The zero-order chi connectivity index (χ0) is 17.3. The number of hydrogen-bond donors (Lipinski definition) is 1. The van der Waals surface area contributed by atoms with Crippen LogP contribution in [-0.4, -0.2) is 5.91 Å². The molecule has 0 fully saturated rings. The van der Waals surface area contributed by atoms with E-state index in [-0.39, 0.29) is 5.76 Å². The third-order valence-electron chi connectivity index (χ3n) is 3.80. The number of fused-ring (bicyclic) bond motifs is 1. The highest BCUT2D eigenvalue weighted by Crippen LogP contribution is 2.33. The molecule has 0 spiro atoms. The van der Waals surface area contributed by atoms with E-state index < -0.39 is 11.5 Å². The van der Waals surface area contributed by atoms with Gasteiger partial charge in [0.25, 0.3) is 5.91 Å². The Balaban J connectivity index is 2.00. The molecule has 0 bridgehead atoms. The smallest absolute Gasteiger partial charge is 0.344 e. The minimum atomic E-state index is -0.560. The summed E-state index contributed by atoms with van der Waals surface area (Å²) >= 11 is 1.35. The summed E-state index contributed by atoms with van der Waals surface area (Å²) < 4.78 is 5.12. The van der Waals surface area contributed by atoms with E-state index in [0.717, 1.165) is 10.4 Å². The van der Waals surface area contributed by atoms with Crippen molar-refractivity contribution in [2.75, 3.05) is 5.32 Å². The van der Waals surface area contributed by atoms with E-state index in [1.54, 1.807) is 24.3 Å². The molecule has 1 N–H and O–H groups in total. The molecule has 24 heavy (non-hydrogen) atoms. The van der Waals surface area contributed by atoms with Crippen molar-refractivity contribution in [3.8, 4) is 6.07 Å². The van der Waals surface area contributed by atoms with E-state index in [9.17, 15) is 14.9 Å². The van der Waals surface area contributed by atoms with E-state index in [4.69, 9.17) is 4.42 Å². The quantitative estimate of drug-likeness (QED) is 0.786. The van der Waals surface area contributed by atoms with E-state index in [1.807, 2.05) is 13.8 Å². The number of rotatable bonds is 3. The molecule has 2 aromatic heterocycles. The molecule has 0 unspecified atom stereocenters. The molecule has 3 rings (SSSR count). The summed E-state index contributed by atoms with van der Waals surface area (Å²) in [4.78, 5) is 25.4. The lowest BCUT2D eigenvalue weighted by Crippen LogP contribution is -2.15. The molecular formula is C18H14N2O3S. The molecule has 0 aliphatic carbocycles. The Labute approximate surface area is 142 Å². The molecule has 0 saturated carbocycles. The number of carbonyl (C=O) groups is 1. The molecule has 5 nitrogen and oxygen atoms in total. The average molecular weight is 338 g/mol. The first-order valence-electron chi connectivity index (χ1n) is 7.41. The van der Waals surface area contributed by atoms with Crippen molar-refractivity contribution in [2.24, 2.45) is 0 Å². The Kier molecular flexibility index (Phi) is 4.19. The fraction of sp³-hybridized carbons (Fsp3) is 0.167. The highest BCUT2D eigenvalue weighted by atomic mass is 32.1. The molecule has 6 heteroatoms. The van der Waals surface area contributed by atoms with Gasteiger partial charge >= 0.3 is 5.63 Å². The number of nitriles is 1. The van der Waals surface area contributed by atoms with Crippen molar-refractivity contribution in [1.29, 1.82) is 5.26 Å². The topological polar surface area (TPSA) is 83.1 Å². The maximum Gasteiger partial charge on any atom is 0.344 e. The number of aryl methyl sites for hydroxylation is 1. The number of anilines is 1. The lowest BCUT2D eigenvalue weighted by Gasteiger charge is -2.04. The van der Waals surface area contributed by atoms with Crippen LogP contribution < -0.4 is 10.9 Å². The normalized spacial score (nSPS) is 10.5. The summed E-state index contributed by atoms with van der Waals surface area (Å²) in [5.41, 5.74) is 0.838. The van der Waals surface area contributed by atoms with Gasteiger partial charge in [-0.05, 0) is 36.4 Å². The molecular weight excluding hydrogens is 324 g/mol. The average Bonchev–Trinajstić information content (AvgIpc) is 2.88. The van der Waals surface area contributed by atoms with Gasteiger partial charge in [-0.25, -0.2) is 4.79 Å². The largest absolute Gasteiger partial charge is 0.417 e. The first-order chi connectivity index (χ1) is 11.5. The maximum atomic E-state index is 12.4. The number of hydrogen-bond acceptors (Lipinski definition) is 5. The van der Waals surface area contributed by atoms with Gasteiger partial charge < -0.3 is 9.73 Å². The van der Waals surface area contributed by atoms with Crippen LogP contribution in [0.1, 0.15) is 33.5 Å². The zero-order valence-corrected chi connectivity index (χ0v) is 14.0. The summed E-state index contributed by atoms with van der Waals surface area (Å²) in [5, 5.41) is 13.6. The van der Waals surface area contributed by atoms with Crippen molar-refractivity contribution < 1.29 is 9.21 Å². The van der Waals surface area contributed by atoms with E-state index in [1.165, 1.54) is 17.4 Å². The van der Waals surface area contributed by atoms with Crippen molar-refractivity contribution in [3.05, 3.63) is 62.5 Å². The second-order valence-corrected chi connectivity index (χ2v) is 6.47. The fourth-order valence-electron chi connectivity index (χ4n) is 2.62. The van der Waals surface area contributed by atoms with Gasteiger partial charge in [-0.3, -0.25) is 4.79 Å². The van der Waals surface area contributed by atoms with E-state index >= 15 is 0 Å². The van der Waals surface area contributed by atoms with Gasteiger partial charge in [0, 0.05) is 4.88 Å². The number of thiophene rings is 1. The minimum Gasteiger partial charge on any atom is -0.417 e. The molecule has 0 atom stereocenters. The SMILES string of the molecule is CCc1c(C)sc(NC(=O)c2cc3ccccc3c(=O)o2)c1C#N. The standard InChI is InChI=1S/C18H14N2O3S/c1-3-12-10(2)24-17(14(12)9-19)20-16(21)15-8-11-6-4-5-7-13(11)18(22)23-15/h4-8H,3H2,1-2H3,(H,20,21). The Morgan fingerprint density at radius 2 is 2.12 bits per heavy atom. The van der Waals surface area contributed by atoms with Gasteiger partial charge in [0.2, 0.25) is 0 Å². The predicted molar refractivity (Wildman–Crippen MR) is 93.6 cm³/mol. The van der Waals surface area contributed by atoms with E-state index in [0.29, 0.717) is 27.8 Å². The highest BCUT2D eigenvalue weighted by molar-refractivity contribution is 7.16. The van der Waals surface area contributed by atoms with Crippen molar-refractivity contribution in [3.63, 3.8) is 0 Å². The molecule has 3 aromatic rings. The van der Waals surface area contributed by atoms with Crippen LogP contribution in [0.2, 0.25) is 0 Å². The molecule has 0 radical (unpaired) electrons. The fourth-order valence-corrected chi connectivity index (χ4v) is 3.71. The molecule has 0 saturated heterocycles. The Hall–Kier alpha value is -2.91. The van der Waals surface area contributed by atoms with Crippen LogP contribution in [0.5, 0.6) is 0 Å². The van der Waals surface area contributed by atoms with Crippen molar-refractivity contribution >= 4 is 33.0 Å². The summed E-state index contributed by atoms with van der Waals surface area (Å²) in [6, 6.07) is 10.6. The van der Waals surface area contributed by atoms with Crippen LogP contribution in [0.15, 0.2) is 39.5 Å². The maximum absolute atomic E-state index is 12.4. The van der Waals surface area contributed by atoms with Gasteiger partial charge in [0.1, 0.15) is 11.1 Å². The second-order valence-electron chi connectivity index (χ2n) is 5.25. The lowest BCUT2D eigenvalue weighted by atomic mass is 10.1. The van der Waals surface area contributed by atoms with Crippen LogP contribution >= 0.6 is 11.3 Å². The lowest BCUT2D eigenvalue weighted by molar-refractivity contribution is 0.0993. The number of amides is 1. The molecule has 2 heterocycles. The summed E-state index contributed by atoms with van der Waals surface area (Å²) in [7, 11) is 0. The van der Waals surface area contributed by atoms with Gasteiger partial charge in [-0.2, -0.15) is 5.26 Å². The number of nitrogens with one attached hydrogen (secondary N) is 1. The number of nitrogens with zero attached hydrogens (tertiary/aromatic N) is 1. The van der Waals surface area contributed by atoms with Gasteiger partial charge in [0.05, 0.1) is 10.9 Å². The third-order valence-corrected chi connectivity index (χ3v) is 4.86. The second kappa shape index (κ2) is 6.30. The van der Waals surface area contributed by atoms with Crippen LogP contribution in [0.3, 0.4) is 0 Å². The first-order valence-corrected chi connectivity index (χ1v) is 8.23. The Morgan fingerprint density at radius 3 is 2.83 bits per heavy atom. The van der Waals surface area contributed by atoms with Crippen LogP contribution in [-0.2, 0) is 6.42 Å². The number of benzene rings is 1. The van der Waals surface area contributed by atoms with Crippen LogP contribution in [0.4, 0.5) is 5.00 Å². The summed E-state index contributed by atoms with van der Waals surface area (Å²) in [5.74, 6) is -0.620. The summed E-state index contributed by atoms with van der Waals surface area (Å²) in [6.07, 6.45) is 0.714. The number of carbonyl (C=O) groups excluding carboxylic acids is 1. The van der Waals surface area contributed by atoms with Crippen molar-refractivity contribution in [1.82, 2.24) is 0 Å². The van der Waals surface area contributed by atoms with Gasteiger partial charge in [-0.15, -0.1) is 11.3 Å². The minimum absolute atomic E-state index is 0.0771. The zero-order valence-electron chi connectivity index (χ0n) is 13.2. The van der Waals surface area contributed by atoms with E-state index in [2.05, 4.69) is 11.4 Å². The predicted octanol–water partition coefficient (Wildman–Crippen LogP) is 3.85. The molecule has 1 aromatic carbocycles. The monoisotopic (exact) mass is 338 g/mol. The molecule has 0 aliphatic rings. The first kappa shape index (κ1) is 16.0.